The van der Waals surface area contributed by atoms with Gasteiger partial charge in [0.05, 0.1) is 18.1 Å². The van der Waals surface area contributed by atoms with Crippen molar-refractivity contribution in [2.24, 2.45) is 0 Å². The SMILES string of the molecule is CCC1=C(C(=O)Nc2ccc(C(=O)N3CCCC3)nc2)c2cc(-c3cncc(Oc4ccccc4)c3)ccc2CCCC1. The molecule has 4 aromatic rings. The molecule has 0 saturated carbocycles. The van der Waals surface area contributed by atoms with Crippen LogP contribution < -0.4 is 10.1 Å². The predicted molar refractivity (Wildman–Crippen MR) is 169 cm³/mol. The average Bonchev–Trinajstić information content (AvgIpc) is 3.57. The van der Waals surface area contributed by atoms with Crippen molar-refractivity contribution in [2.45, 2.75) is 51.9 Å². The second-order valence-electron chi connectivity index (χ2n) is 11.1. The minimum atomic E-state index is -0.156. The second kappa shape index (κ2) is 13.0. The first-order valence-electron chi connectivity index (χ1n) is 15.2. The third-order valence-electron chi connectivity index (χ3n) is 8.22. The van der Waals surface area contributed by atoms with E-state index in [0.29, 0.717) is 17.1 Å². The predicted octanol–water partition coefficient (Wildman–Crippen LogP) is 7.70. The van der Waals surface area contributed by atoms with Crippen LogP contribution in [-0.2, 0) is 11.2 Å². The maximum Gasteiger partial charge on any atom is 0.272 e. The van der Waals surface area contributed by atoms with Crippen molar-refractivity contribution in [2.75, 3.05) is 18.4 Å². The van der Waals surface area contributed by atoms with Crippen LogP contribution in [-0.4, -0.2) is 39.8 Å². The number of nitrogens with zero attached hydrogens (tertiary/aromatic N) is 3. The van der Waals surface area contributed by atoms with Crippen molar-refractivity contribution in [1.82, 2.24) is 14.9 Å². The summed E-state index contributed by atoms with van der Waals surface area (Å²) < 4.78 is 6.04. The standard InChI is InChI=1S/C36H36N4O3/c1-2-25-10-6-7-11-26-14-15-27(28-20-31(24-37-22-28)43-30-12-4-3-5-13-30)21-32(26)34(25)35(41)39-29-16-17-33(38-23-29)36(42)40-18-8-9-19-40/h3-5,12-17,20-24H,2,6-11,18-19H2,1H3,(H,39,41). The molecule has 3 heterocycles. The average molecular weight is 573 g/mol. The van der Waals surface area contributed by atoms with E-state index < -0.39 is 0 Å². The molecule has 1 saturated heterocycles. The number of nitrogens with one attached hydrogen (secondary N) is 1. The van der Waals surface area contributed by atoms with Crippen LogP contribution in [0.4, 0.5) is 5.69 Å². The minimum absolute atomic E-state index is 0.0550. The number of aromatic nitrogens is 2. The first kappa shape index (κ1) is 28.3. The summed E-state index contributed by atoms with van der Waals surface area (Å²) in [5.41, 5.74) is 6.84. The normalized spacial score (nSPS) is 15.0. The molecule has 0 atom stereocenters. The Morgan fingerprint density at radius 2 is 1.65 bits per heavy atom. The van der Waals surface area contributed by atoms with Crippen molar-refractivity contribution >= 4 is 23.1 Å². The third kappa shape index (κ3) is 6.51. The van der Waals surface area contributed by atoms with Crippen LogP contribution in [0.25, 0.3) is 16.7 Å². The number of anilines is 1. The number of rotatable bonds is 7. The topological polar surface area (TPSA) is 84.4 Å². The van der Waals surface area contributed by atoms with Crippen molar-refractivity contribution < 1.29 is 14.3 Å². The number of likely N-dealkylation sites (tertiary alicyclic amines) is 1. The largest absolute Gasteiger partial charge is 0.456 e. The minimum Gasteiger partial charge on any atom is -0.456 e. The fraction of sp³-hybridized carbons (Fsp3) is 0.278. The molecule has 0 bridgehead atoms. The van der Waals surface area contributed by atoms with E-state index in [2.05, 4.69) is 40.4 Å². The molecule has 1 fully saturated rings. The van der Waals surface area contributed by atoms with E-state index in [0.717, 1.165) is 97.2 Å². The summed E-state index contributed by atoms with van der Waals surface area (Å²) in [5, 5.41) is 3.08. The molecule has 218 valence electrons. The van der Waals surface area contributed by atoms with Gasteiger partial charge in [0.15, 0.2) is 0 Å². The maximum absolute atomic E-state index is 14.0. The van der Waals surface area contributed by atoms with Gasteiger partial charge in [0.25, 0.3) is 11.8 Å². The van der Waals surface area contributed by atoms with Gasteiger partial charge < -0.3 is 15.0 Å². The third-order valence-corrected chi connectivity index (χ3v) is 8.22. The van der Waals surface area contributed by atoms with E-state index in [1.807, 2.05) is 47.5 Å². The number of pyridine rings is 2. The Labute approximate surface area is 252 Å². The second-order valence-corrected chi connectivity index (χ2v) is 11.1. The van der Waals surface area contributed by atoms with Crippen molar-refractivity contribution in [3.8, 4) is 22.6 Å². The summed E-state index contributed by atoms with van der Waals surface area (Å²) in [6.45, 7) is 3.66. The summed E-state index contributed by atoms with van der Waals surface area (Å²) >= 11 is 0. The molecule has 7 nitrogen and oxygen atoms in total. The molecular formula is C36H36N4O3. The lowest BCUT2D eigenvalue weighted by Crippen LogP contribution is -2.28. The summed E-state index contributed by atoms with van der Waals surface area (Å²) in [6, 6.07) is 21.4. The lowest BCUT2D eigenvalue weighted by atomic mass is 9.85. The number of para-hydroxylation sites is 1. The van der Waals surface area contributed by atoms with Gasteiger partial charge in [-0.3, -0.25) is 14.6 Å². The Morgan fingerprint density at radius 1 is 0.837 bits per heavy atom. The fourth-order valence-corrected chi connectivity index (χ4v) is 5.94. The monoisotopic (exact) mass is 572 g/mol. The lowest BCUT2D eigenvalue weighted by molar-refractivity contribution is -0.111. The van der Waals surface area contributed by atoms with Gasteiger partial charge in [0.2, 0.25) is 0 Å². The van der Waals surface area contributed by atoms with Gasteiger partial charge in [-0.25, -0.2) is 4.98 Å². The van der Waals surface area contributed by atoms with Gasteiger partial charge in [0, 0.05) is 30.4 Å². The first-order chi connectivity index (χ1) is 21.1. The van der Waals surface area contributed by atoms with E-state index in [1.54, 1.807) is 24.5 Å². The van der Waals surface area contributed by atoms with Gasteiger partial charge in [-0.05, 0) is 98.0 Å². The molecule has 7 heteroatoms. The number of carbonyl (C=O) groups excluding carboxylic acids is 2. The number of hydrogen-bond donors (Lipinski definition) is 1. The number of aryl methyl sites for hydroxylation is 1. The zero-order valence-corrected chi connectivity index (χ0v) is 24.5. The zero-order chi connectivity index (χ0) is 29.6. The zero-order valence-electron chi connectivity index (χ0n) is 24.5. The maximum atomic E-state index is 14.0. The smallest absolute Gasteiger partial charge is 0.272 e. The van der Waals surface area contributed by atoms with Crippen LogP contribution in [0.2, 0.25) is 0 Å². The van der Waals surface area contributed by atoms with E-state index in [1.165, 1.54) is 0 Å². The molecule has 6 rings (SSSR count). The highest BCUT2D eigenvalue weighted by atomic mass is 16.5. The molecule has 2 amide bonds. The van der Waals surface area contributed by atoms with E-state index in [9.17, 15) is 9.59 Å². The van der Waals surface area contributed by atoms with Crippen LogP contribution in [0.3, 0.4) is 0 Å². The molecule has 0 unspecified atom stereocenters. The lowest BCUT2D eigenvalue weighted by Gasteiger charge is -2.22. The molecule has 2 aromatic carbocycles. The Kier molecular flexibility index (Phi) is 8.59. The number of ether oxygens (including phenoxy) is 1. The molecule has 0 radical (unpaired) electrons. The van der Waals surface area contributed by atoms with Gasteiger partial charge in [-0.15, -0.1) is 0 Å². The van der Waals surface area contributed by atoms with Crippen molar-refractivity contribution in [3.63, 3.8) is 0 Å². The Bertz CT molecular complexity index is 1640. The first-order valence-corrected chi connectivity index (χ1v) is 15.2. The highest BCUT2D eigenvalue weighted by Crippen LogP contribution is 2.35. The van der Waals surface area contributed by atoms with Gasteiger partial charge in [-0.2, -0.15) is 0 Å². The van der Waals surface area contributed by atoms with Crippen molar-refractivity contribution in [3.05, 3.63) is 108 Å². The molecule has 43 heavy (non-hydrogen) atoms. The highest BCUT2D eigenvalue weighted by molar-refractivity contribution is 6.26. The van der Waals surface area contributed by atoms with E-state index >= 15 is 0 Å². The summed E-state index contributed by atoms with van der Waals surface area (Å²) in [7, 11) is 0. The Balaban J connectivity index is 1.29. The summed E-state index contributed by atoms with van der Waals surface area (Å²) in [4.78, 5) is 37.4. The highest BCUT2D eigenvalue weighted by Gasteiger charge is 2.24. The van der Waals surface area contributed by atoms with Crippen molar-refractivity contribution in [1.29, 1.82) is 0 Å². The Morgan fingerprint density at radius 3 is 2.42 bits per heavy atom. The summed E-state index contributed by atoms with van der Waals surface area (Å²) in [6.07, 6.45) is 11.9. The van der Waals surface area contributed by atoms with Gasteiger partial charge in [-0.1, -0.05) is 42.8 Å². The van der Waals surface area contributed by atoms with Crippen LogP contribution in [0, 0.1) is 0 Å². The fourth-order valence-electron chi connectivity index (χ4n) is 5.94. The van der Waals surface area contributed by atoms with Crippen LogP contribution in [0.1, 0.15) is 67.1 Å². The van der Waals surface area contributed by atoms with Crippen LogP contribution in [0.15, 0.2) is 90.9 Å². The molecule has 1 aliphatic carbocycles. The number of benzene rings is 2. The number of hydrogen-bond acceptors (Lipinski definition) is 5. The molecule has 0 spiro atoms. The molecule has 2 aromatic heterocycles. The van der Waals surface area contributed by atoms with Crippen LogP contribution >= 0.6 is 0 Å². The number of carbonyl (C=O) groups is 2. The Hall–Kier alpha value is -4.78. The molecule has 1 aliphatic heterocycles. The van der Waals surface area contributed by atoms with E-state index in [4.69, 9.17) is 4.74 Å². The molecule has 1 N–H and O–H groups in total. The van der Waals surface area contributed by atoms with Gasteiger partial charge >= 0.3 is 0 Å². The summed E-state index contributed by atoms with van der Waals surface area (Å²) in [5.74, 6) is 1.19. The molecular weight excluding hydrogens is 536 g/mol. The van der Waals surface area contributed by atoms with Gasteiger partial charge in [0.1, 0.15) is 17.2 Å². The van der Waals surface area contributed by atoms with E-state index in [-0.39, 0.29) is 11.8 Å². The quantitative estimate of drug-likeness (QED) is 0.245. The molecule has 2 aliphatic rings. The number of fused-ring (bicyclic) bond motifs is 1. The van der Waals surface area contributed by atoms with Crippen LogP contribution in [0.5, 0.6) is 11.5 Å². The number of amides is 2. The number of allylic oxidation sites excluding steroid dienone is 1.